The van der Waals surface area contributed by atoms with Gasteiger partial charge in [-0.25, -0.2) is 22.9 Å². The van der Waals surface area contributed by atoms with Gasteiger partial charge in [0.05, 0.1) is 5.51 Å². The first-order valence-electron chi connectivity index (χ1n) is 4.77. The van der Waals surface area contributed by atoms with E-state index in [0.717, 1.165) is 29.3 Å². The molecule has 0 bridgehead atoms. The highest BCUT2D eigenvalue weighted by Crippen LogP contribution is 2.23. The zero-order chi connectivity index (χ0) is 12.5. The van der Waals surface area contributed by atoms with E-state index in [2.05, 4.69) is 9.71 Å². The molecule has 9 heteroatoms. The molecular weight excluding hydrogens is 284 g/mol. The highest BCUT2D eigenvalue weighted by atomic mass is 32.2. The lowest BCUT2D eigenvalue weighted by Crippen LogP contribution is -2.34. The van der Waals surface area contributed by atoms with Gasteiger partial charge in [-0.05, 0) is 12.2 Å². The Labute approximate surface area is 106 Å². The van der Waals surface area contributed by atoms with Gasteiger partial charge in [0.2, 0.25) is 0 Å². The Morgan fingerprint density at radius 3 is 2.94 bits per heavy atom. The molecule has 1 saturated heterocycles. The minimum Gasteiger partial charge on any atom is -0.476 e. The fourth-order valence-electron chi connectivity index (χ4n) is 1.47. The van der Waals surface area contributed by atoms with Crippen molar-refractivity contribution in [1.82, 2.24) is 9.71 Å². The zero-order valence-corrected chi connectivity index (χ0v) is 11.1. The topological polar surface area (TPSA) is 96.4 Å². The van der Waals surface area contributed by atoms with Crippen molar-refractivity contribution in [3.8, 4) is 0 Å². The Bertz CT molecular complexity index is 519. The number of nitrogens with zero attached hydrogens (tertiary/aromatic N) is 1. The third kappa shape index (κ3) is 2.79. The molecule has 0 spiro atoms. The summed E-state index contributed by atoms with van der Waals surface area (Å²) in [4.78, 5) is 14.4. The third-order valence-electron chi connectivity index (χ3n) is 2.23. The minimum absolute atomic E-state index is 0.117. The highest BCUT2D eigenvalue weighted by Gasteiger charge is 2.29. The molecule has 1 aliphatic rings. The van der Waals surface area contributed by atoms with Crippen molar-refractivity contribution in [3.63, 3.8) is 0 Å². The minimum atomic E-state index is -3.76. The van der Waals surface area contributed by atoms with E-state index in [1.807, 2.05) is 0 Å². The first-order chi connectivity index (χ1) is 8.00. The van der Waals surface area contributed by atoms with Crippen molar-refractivity contribution < 1.29 is 18.3 Å². The number of hydrogen-bond acceptors (Lipinski definition) is 6. The first kappa shape index (κ1) is 12.8. The molecule has 6 nitrogen and oxygen atoms in total. The number of hydrogen-bond donors (Lipinski definition) is 2. The van der Waals surface area contributed by atoms with Gasteiger partial charge < -0.3 is 5.11 Å². The van der Waals surface area contributed by atoms with Crippen LogP contribution in [0.2, 0.25) is 0 Å². The van der Waals surface area contributed by atoms with E-state index >= 15 is 0 Å². The summed E-state index contributed by atoms with van der Waals surface area (Å²) in [6.07, 6.45) is 0.769. The Balaban J connectivity index is 2.24. The van der Waals surface area contributed by atoms with Crippen LogP contribution in [0, 0.1) is 0 Å². The maximum atomic E-state index is 12.0. The Morgan fingerprint density at radius 1 is 1.59 bits per heavy atom. The molecule has 2 rings (SSSR count). The van der Waals surface area contributed by atoms with Crippen LogP contribution in [0.15, 0.2) is 9.72 Å². The molecule has 0 radical (unpaired) electrons. The van der Waals surface area contributed by atoms with E-state index in [1.165, 1.54) is 5.51 Å². The molecule has 0 amide bonds. The lowest BCUT2D eigenvalue weighted by atomic mass is 10.3. The van der Waals surface area contributed by atoms with E-state index in [9.17, 15) is 13.2 Å². The molecule has 0 saturated carbocycles. The van der Waals surface area contributed by atoms with Crippen LogP contribution in [-0.4, -0.2) is 42.0 Å². The average molecular weight is 294 g/mol. The smallest absolute Gasteiger partial charge is 0.356 e. The molecule has 1 aromatic rings. The average Bonchev–Trinajstić information content (AvgIpc) is 2.84. The van der Waals surface area contributed by atoms with E-state index < -0.39 is 21.7 Å². The largest absolute Gasteiger partial charge is 0.476 e. The number of aromatic carboxylic acids is 1. The number of rotatable bonds is 4. The number of carboxylic acid groups (broad SMARTS) is 1. The molecule has 1 aliphatic heterocycles. The van der Waals surface area contributed by atoms with Crippen molar-refractivity contribution in [2.24, 2.45) is 0 Å². The van der Waals surface area contributed by atoms with Crippen LogP contribution in [-0.2, 0) is 10.0 Å². The monoisotopic (exact) mass is 294 g/mol. The van der Waals surface area contributed by atoms with Gasteiger partial charge in [-0.15, -0.1) is 11.3 Å². The van der Waals surface area contributed by atoms with Gasteiger partial charge in [0.25, 0.3) is 10.0 Å². The second kappa shape index (κ2) is 4.92. The molecule has 1 atom stereocenters. The van der Waals surface area contributed by atoms with Crippen molar-refractivity contribution in [2.75, 3.05) is 11.5 Å². The molecule has 0 aromatic carbocycles. The summed E-state index contributed by atoms with van der Waals surface area (Å²) in [5.74, 6) is 0.315. The number of thioether (sulfide) groups is 1. The van der Waals surface area contributed by atoms with Crippen molar-refractivity contribution >= 4 is 39.1 Å². The molecule has 17 heavy (non-hydrogen) atoms. The summed E-state index contributed by atoms with van der Waals surface area (Å²) in [5, 5.41) is 8.83. The molecule has 1 fully saturated rings. The maximum absolute atomic E-state index is 12.0. The Kier molecular flexibility index (Phi) is 3.71. The summed E-state index contributed by atoms with van der Waals surface area (Å²) in [5.41, 5.74) is 0.815. The van der Waals surface area contributed by atoms with Crippen LogP contribution in [0.5, 0.6) is 0 Å². The van der Waals surface area contributed by atoms with Gasteiger partial charge in [-0.3, -0.25) is 0 Å². The van der Waals surface area contributed by atoms with E-state index in [-0.39, 0.29) is 10.3 Å². The second-order valence-corrected chi connectivity index (χ2v) is 7.39. The predicted molar refractivity (Wildman–Crippen MR) is 65.1 cm³/mol. The number of carbonyl (C=O) groups is 1. The van der Waals surface area contributed by atoms with Gasteiger partial charge in [0.15, 0.2) is 9.90 Å². The number of carboxylic acids is 1. The van der Waals surface area contributed by atoms with E-state index in [1.54, 1.807) is 11.8 Å². The normalized spacial score (nSPS) is 20.6. The van der Waals surface area contributed by atoms with Gasteiger partial charge in [-0.2, -0.15) is 11.8 Å². The van der Waals surface area contributed by atoms with Crippen molar-refractivity contribution in [3.05, 3.63) is 11.2 Å². The number of nitrogens with one attached hydrogen (secondary N) is 1. The quantitative estimate of drug-likeness (QED) is 0.845. The standard InChI is InChI=1S/C8H10N2O4S3/c11-7(12)6-8(16-4-9-6)17(13,14)10-5-1-2-15-3-5/h4-5,10H,1-3H2,(H,11,12). The van der Waals surface area contributed by atoms with Crippen molar-refractivity contribution in [1.29, 1.82) is 0 Å². The fraction of sp³-hybridized carbons (Fsp3) is 0.500. The predicted octanol–water partition coefficient (Wildman–Crippen LogP) is 0.625. The summed E-state index contributed by atoms with van der Waals surface area (Å²) >= 11 is 2.49. The summed E-state index contributed by atoms with van der Waals surface area (Å²) < 4.78 is 26.2. The summed E-state index contributed by atoms with van der Waals surface area (Å²) in [6, 6.07) is -0.117. The van der Waals surface area contributed by atoms with Gasteiger partial charge in [0, 0.05) is 11.8 Å². The number of aromatic nitrogens is 1. The fourth-order valence-corrected chi connectivity index (χ4v) is 5.15. The summed E-state index contributed by atoms with van der Waals surface area (Å²) in [6.45, 7) is 0. The lowest BCUT2D eigenvalue weighted by Gasteiger charge is -2.10. The molecular formula is C8H10N2O4S3. The Hall–Kier alpha value is -0.640. The molecule has 2 heterocycles. The van der Waals surface area contributed by atoms with E-state index in [4.69, 9.17) is 5.11 Å². The van der Waals surface area contributed by atoms with Crippen LogP contribution in [0.4, 0.5) is 0 Å². The van der Waals surface area contributed by atoms with E-state index in [0.29, 0.717) is 0 Å². The van der Waals surface area contributed by atoms with Crippen LogP contribution < -0.4 is 4.72 Å². The summed E-state index contributed by atoms with van der Waals surface area (Å²) in [7, 11) is -3.76. The Morgan fingerprint density at radius 2 is 2.35 bits per heavy atom. The molecule has 94 valence electrons. The second-order valence-electron chi connectivity index (χ2n) is 3.48. The number of sulfonamides is 1. The molecule has 1 unspecified atom stereocenters. The van der Waals surface area contributed by atoms with Crippen LogP contribution in [0.25, 0.3) is 0 Å². The van der Waals surface area contributed by atoms with Crippen LogP contribution in [0.1, 0.15) is 16.9 Å². The van der Waals surface area contributed by atoms with Crippen molar-refractivity contribution in [2.45, 2.75) is 16.7 Å². The lowest BCUT2D eigenvalue weighted by molar-refractivity contribution is 0.0687. The molecule has 1 aromatic heterocycles. The molecule has 2 N–H and O–H groups in total. The molecule has 0 aliphatic carbocycles. The highest BCUT2D eigenvalue weighted by molar-refractivity contribution is 7.99. The maximum Gasteiger partial charge on any atom is 0.356 e. The SMILES string of the molecule is O=C(O)c1ncsc1S(=O)(=O)NC1CCSC1. The van der Waals surface area contributed by atoms with Gasteiger partial charge in [0.1, 0.15) is 0 Å². The van der Waals surface area contributed by atoms with Gasteiger partial charge in [-0.1, -0.05) is 0 Å². The van der Waals surface area contributed by atoms with Crippen LogP contribution >= 0.6 is 23.1 Å². The third-order valence-corrected chi connectivity index (χ3v) is 6.29. The number of thiazole rings is 1. The first-order valence-corrected chi connectivity index (χ1v) is 8.29. The van der Waals surface area contributed by atoms with Crippen LogP contribution in [0.3, 0.4) is 0 Å². The zero-order valence-electron chi connectivity index (χ0n) is 8.62. The van der Waals surface area contributed by atoms with Gasteiger partial charge >= 0.3 is 5.97 Å².